The van der Waals surface area contributed by atoms with Crippen LogP contribution in [0, 0.1) is 11.6 Å². The van der Waals surface area contributed by atoms with Gasteiger partial charge in [0.2, 0.25) is 0 Å². The molecule has 1 aromatic carbocycles. The first-order valence-corrected chi connectivity index (χ1v) is 6.02. The van der Waals surface area contributed by atoms with Crippen molar-refractivity contribution >= 4 is 0 Å². The molecule has 1 aliphatic rings. The summed E-state index contributed by atoms with van der Waals surface area (Å²) in [7, 11) is 0. The van der Waals surface area contributed by atoms with Gasteiger partial charge in [0.1, 0.15) is 11.6 Å². The van der Waals surface area contributed by atoms with Gasteiger partial charge in [0, 0.05) is 6.07 Å². The molecular formula is C13H17F2NO. The van der Waals surface area contributed by atoms with Gasteiger partial charge in [0.25, 0.3) is 0 Å². The third kappa shape index (κ3) is 3.48. The van der Waals surface area contributed by atoms with E-state index in [1.807, 2.05) is 6.92 Å². The lowest BCUT2D eigenvalue weighted by atomic mass is 10.1. The zero-order valence-corrected chi connectivity index (χ0v) is 9.88. The average Bonchev–Trinajstić information content (AvgIpc) is 2.77. The Morgan fingerprint density at radius 3 is 2.35 bits per heavy atom. The first-order chi connectivity index (χ1) is 8.15. The Balaban J connectivity index is 1.91. The Kier molecular flexibility index (Phi) is 4.07. The summed E-state index contributed by atoms with van der Waals surface area (Å²) in [5, 5.41) is 0. The molecule has 0 spiro atoms. The zero-order chi connectivity index (χ0) is 12.3. The van der Waals surface area contributed by atoms with Crippen molar-refractivity contribution in [3.63, 3.8) is 0 Å². The van der Waals surface area contributed by atoms with E-state index in [1.165, 1.54) is 25.0 Å². The minimum atomic E-state index is -0.561. The van der Waals surface area contributed by atoms with Crippen LogP contribution in [-0.4, -0.2) is 6.10 Å². The van der Waals surface area contributed by atoms with Crippen LogP contribution in [0.25, 0.3) is 0 Å². The predicted molar refractivity (Wildman–Crippen MR) is 61.2 cm³/mol. The molecule has 0 heterocycles. The smallest absolute Gasteiger partial charge is 0.126 e. The van der Waals surface area contributed by atoms with E-state index in [0.29, 0.717) is 5.56 Å². The minimum Gasteiger partial charge on any atom is -0.298 e. The average molecular weight is 241 g/mol. The largest absolute Gasteiger partial charge is 0.298 e. The lowest BCUT2D eigenvalue weighted by Gasteiger charge is -2.17. The molecule has 2 rings (SSSR count). The molecule has 1 atom stereocenters. The number of rotatable bonds is 4. The molecule has 0 amide bonds. The van der Waals surface area contributed by atoms with Crippen LogP contribution >= 0.6 is 0 Å². The molecular weight excluding hydrogens is 224 g/mol. The van der Waals surface area contributed by atoms with Gasteiger partial charge >= 0.3 is 0 Å². The molecule has 0 aromatic heterocycles. The Morgan fingerprint density at radius 2 is 1.76 bits per heavy atom. The van der Waals surface area contributed by atoms with Crippen LogP contribution in [0.15, 0.2) is 18.2 Å². The van der Waals surface area contributed by atoms with Crippen molar-refractivity contribution in [3.8, 4) is 0 Å². The van der Waals surface area contributed by atoms with Crippen molar-refractivity contribution in [3.05, 3.63) is 35.4 Å². The summed E-state index contributed by atoms with van der Waals surface area (Å²) in [5.74, 6) is -1.12. The van der Waals surface area contributed by atoms with Crippen molar-refractivity contribution < 1.29 is 13.6 Å². The first-order valence-electron chi connectivity index (χ1n) is 6.02. The second-order valence-corrected chi connectivity index (χ2v) is 4.57. The molecule has 0 radical (unpaired) electrons. The maximum Gasteiger partial charge on any atom is 0.126 e. The summed E-state index contributed by atoms with van der Waals surface area (Å²) in [6.45, 7) is 1.82. The summed E-state index contributed by atoms with van der Waals surface area (Å²) in [6, 6.07) is 3.28. The van der Waals surface area contributed by atoms with Gasteiger partial charge < -0.3 is 0 Å². The molecule has 1 aromatic rings. The van der Waals surface area contributed by atoms with E-state index in [4.69, 9.17) is 4.84 Å². The maximum absolute atomic E-state index is 13.0. The fraction of sp³-hybridized carbons (Fsp3) is 0.538. The van der Waals surface area contributed by atoms with Crippen LogP contribution in [0.4, 0.5) is 8.78 Å². The number of hydrogen-bond donors (Lipinski definition) is 1. The molecule has 1 fully saturated rings. The number of nitrogens with one attached hydrogen (secondary N) is 1. The van der Waals surface area contributed by atoms with Gasteiger partial charge in [0.05, 0.1) is 12.1 Å². The van der Waals surface area contributed by atoms with E-state index in [9.17, 15) is 8.78 Å². The summed E-state index contributed by atoms with van der Waals surface area (Å²) < 4.78 is 26.0. The molecule has 2 nitrogen and oxygen atoms in total. The highest BCUT2D eigenvalue weighted by atomic mass is 19.1. The van der Waals surface area contributed by atoms with Crippen LogP contribution in [0.5, 0.6) is 0 Å². The topological polar surface area (TPSA) is 21.3 Å². The minimum absolute atomic E-state index is 0.221. The van der Waals surface area contributed by atoms with Gasteiger partial charge in [-0.1, -0.05) is 12.8 Å². The molecule has 1 aliphatic carbocycles. The van der Waals surface area contributed by atoms with E-state index >= 15 is 0 Å². The van der Waals surface area contributed by atoms with Crippen molar-refractivity contribution in [2.75, 3.05) is 0 Å². The molecule has 1 unspecified atom stereocenters. The van der Waals surface area contributed by atoms with Crippen LogP contribution in [0.3, 0.4) is 0 Å². The standard InChI is InChI=1S/C13H17F2NO/c1-9(16-17-13-4-2-3-5-13)10-6-11(14)8-12(15)7-10/h6-9,13,16H,2-5H2,1H3. The van der Waals surface area contributed by atoms with Gasteiger partial charge in [-0.25, -0.2) is 8.78 Å². The number of hydrogen-bond acceptors (Lipinski definition) is 2. The molecule has 1 N–H and O–H groups in total. The fourth-order valence-electron chi connectivity index (χ4n) is 2.10. The molecule has 94 valence electrons. The first kappa shape index (κ1) is 12.5. The van der Waals surface area contributed by atoms with Gasteiger partial charge in [-0.3, -0.25) is 4.84 Å². The highest BCUT2D eigenvalue weighted by Crippen LogP contribution is 2.22. The van der Waals surface area contributed by atoms with E-state index in [1.54, 1.807) is 0 Å². The summed E-state index contributed by atoms with van der Waals surface area (Å²) in [4.78, 5) is 5.50. The van der Waals surface area contributed by atoms with Crippen molar-refractivity contribution in [1.82, 2.24) is 5.48 Å². The van der Waals surface area contributed by atoms with Crippen molar-refractivity contribution in [1.29, 1.82) is 0 Å². The Labute approximate surface area is 99.9 Å². The van der Waals surface area contributed by atoms with Gasteiger partial charge in [-0.15, -0.1) is 0 Å². The summed E-state index contributed by atoms with van der Waals surface area (Å²) in [5.41, 5.74) is 3.42. The Bertz CT molecular complexity index is 357. The summed E-state index contributed by atoms with van der Waals surface area (Å²) >= 11 is 0. The predicted octanol–water partition coefficient (Wildman–Crippen LogP) is 3.49. The normalized spacial score (nSPS) is 18.5. The van der Waals surface area contributed by atoms with Crippen LogP contribution < -0.4 is 5.48 Å². The maximum atomic E-state index is 13.0. The third-order valence-electron chi connectivity index (χ3n) is 3.10. The van der Waals surface area contributed by atoms with Gasteiger partial charge in [0.15, 0.2) is 0 Å². The Hall–Kier alpha value is -1.00. The number of hydroxylamine groups is 1. The van der Waals surface area contributed by atoms with Gasteiger partial charge in [-0.2, -0.15) is 5.48 Å². The zero-order valence-electron chi connectivity index (χ0n) is 9.88. The molecule has 17 heavy (non-hydrogen) atoms. The highest BCUT2D eigenvalue weighted by Gasteiger charge is 2.17. The summed E-state index contributed by atoms with van der Waals surface area (Å²) in [6.07, 6.45) is 4.72. The SMILES string of the molecule is CC(NOC1CCCC1)c1cc(F)cc(F)c1. The van der Waals surface area contributed by atoms with Crippen LogP contribution in [0.1, 0.15) is 44.2 Å². The molecule has 4 heteroatoms. The van der Waals surface area contributed by atoms with E-state index in [-0.39, 0.29) is 12.1 Å². The fourth-order valence-corrected chi connectivity index (χ4v) is 2.10. The van der Waals surface area contributed by atoms with Crippen LogP contribution in [-0.2, 0) is 4.84 Å². The molecule has 0 saturated heterocycles. The molecule has 1 saturated carbocycles. The Morgan fingerprint density at radius 1 is 1.18 bits per heavy atom. The van der Waals surface area contributed by atoms with Gasteiger partial charge in [-0.05, 0) is 37.5 Å². The molecule has 0 aliphatic heterocycles. The van der Waals surface area contributed by atoms with E-state index in [2.05, 4.69) is 5.48 Å². The lowest BCUT2D eigenvalue weighted by Crippen LogP contribution is -2.24. The third-order valence-corrected chi connectivity index (χ3v) is 3.10. The van der Waals surface area contributed by atoms with E-state index in [0.717, 1.165) is 18.9 Å². The van der Waals surface area contributed by atoms with Crippen molar-refractivity contribution in [2.45, 2.75) is 44.8 Å². The van der Waals surface area contributed by atoms with E-state index < -0.39 is 11.6 Å². The second kappa shape index (κ2) is 5.56. The number of benzene rings is 1. The molecule has 0 bridgehead atoms. The quantitative estimate of drug-likeness (QED) is 0.815. The number of halogens is 2. The van der Waals surface area contributed by atoms with Crippen LogP contribution in [0.2, 0.25) is 0 Å². The lowest BCUT2D eigenvalue weighted by molar-refractivity contribution is -0.0377. The second-order valence-electron chi connectivity index (χ2n) is 4.57. The monoisotopic (exact) mass is 241 g/mol. The highest BCUT2D eigenvalue weighted by molar-refractivity contribution is 5.20. The van der Waals surface area contributed by atoms with Crippen molar-refractivity contribution in [2.24, 2.45) is 0 Å².